The number of aromatic nitrogens is 1. The maximum absolute atomic E-state index is 12.9. The Bertz CT molecular complexity index is 1020. The lowest BCUT2D eigenvalue weighted by Crippen LogP contribution is -2.40. The highest BCUT2D eigenvalue weighted by Gasteiger charge is 2.27. The van der Waals surface area contributed by atoms with Gasteiger partial charge in [0.25, 0.3) is 11.8 Å². The van der Waals surface area contributed by atoms with E-state index < -0.39 is 0 Å². The van der Waals surface area contributed by atoms with Gasteiger partial charge in [0.05, 0.1) is 0 Å². The molecule has 1 aromatic heterocycles. The van der Waals surface area contributed by atoms with Crippen LogP contribution in [0.5, 0.6) is 0 Å². The number of likely N-dealkylation sites (tertiary alicyclic amines) is 1. The van der Waals surface area contributed by atoms with E-state index >= 15 is 0 Å². The maximum atomic E-state index is 12.9. The van der Waals surface area contributed by atoms with Crippen LogP contribution in [-0.4, -0.2) is 40.3 Å². The number of carbonyl (C=O) groups excluding carboxylic acids is 2. The Morgan fingerprint density at radius 2 is 1.63 bits per heavy atom. The van der Waals surface area contributed by atoms with Gasteiger partial charge in [0, 0.05) is 35.7 Å². The molecule has 0 unspecified atom stereocenters. The summed E-state index contributed by atoms with van der Waals surface area (Å²) < 4.78 is 5.91. The third-order valence-corrected chi connectivity index (χ3v) is 5.32. The number of rotatable bonds is 3. The zero-order valence-electron chi connectivity index (χ0n) is 17.6. The molecule has 1 N–H and O–H groups in total. The van der Waals surface area contributed by atoms with Gasteiger partial charge < -0.3 is 14.6 Å². The number of carbonyl (C=O) groups is 2. The van der Waals surface area contributed by atoms with Crippen molar-refractivity contribution < 1.29 is 14.0 Å². The van der Waals surface area contributed by atoms with Gasteiger partial charge in [0.1, 0.15) is 5.52 Å². The topological polar surface area (TPSA) is 75.4 Å². The summed E-state index contributed by atoms with van der Waals surface area (Å²) in [5.74, 6) is 0.844. The van der Waals surface area contributed by atoms with Crippen LogP contribution in [0.4, 0.5) is 0 Å². The van der Waals surface area contributed by atoms with Gasteiger partial charge in [-0.1, -0.05) is 12.1 Å². The van der Waals surface area contributed by atoms with Crippen LogP contribution in [0.1, 0.15) is 66.1 Å². The molecule has 0 bridgehead atoms. The first-order valence-corrected chi connectivity index (χ1v) is 10.4. The Balaban J connectivity index is 1.37. The van der Waals surface area contributed by atoms with Crippen LogP contribution >= 0.6 is 0 Å². The first-order chi connectivity index (χ1) is 14.3. The minimum atomic E-state index is -0.301. The molecular formula is C24H27N3O3. The number of para-hydroxylation sites is 2. The van der Waals surface area contributed by atoms with Crippen LogP contribution in [0.15, 0.2) is 52.9 Å². The Kier molecular flexibility index (Phi) is 5.33. The van der Waals surface area contributed by atoms with Crippen LogP contribution in [0, 0.1) is 0 Å². The molecule has 30 heavy (non-hydrogen) atoms. The summed E-state index contributed by atoms with van der Waals surface area (Å²) in [6.45, 7) is 7.14. The molecule has 0 radical (unpaired) electrons. The summed E-state index contributed by atoms with van der Waals surface area (Å²) in [4.78, 5) is 31.6. The predicted molar refractivity (Wildman–Crippen MR) is 116 cm³/mol. The lowest BCUT2D eigenvalue weighted by atomic mass is 9.96. The summed E-state index contributed by atoms with van der Waals surface area (Å²) in [6.07, 6.45) is 1.65. The third-order valence-electron chi connectivity index (χ3n) is 5.32. The molecule has 6 heteroatoms. The standard InChI is InChI=1S/C24H27N3O3/c1-24(2,3)26-21(28)16-8-10-18(11-9-16)23(29)27-14-12-17(13-15-27)22-25-19-6-4-5-7-20(19)30-22/h4-11,17H,12-15H2,1-3H3,(H,26,28). The molecule has 6 nitrogen and oxygen atoms in total. The van der Waals surface area contributed by atoms with Crippen LogP contribution < -0.4 is 5.32 Å². The molecule has 3 aromatic rings. The summed E-state index contributed by atoms with van der Waals surface area (Å²) in [7, 11) is 0. The fourth-order valence-electron chi connectivity index (χ4n) is 3.75. The van der Waals surface area contributed by atoms with Crippen molar-refractivity contribution >= 4 is 22.9 Å². The SMILES string of the molecule is CC(C)(C)NC(=O)c1ccc(C(=O)N2CCC(c3nc4ccccc4o3)CC2)cc1. The minimum Gasteiger partial charge on any atom is -0.440 e. The summed E-state index contributed by atoms with van der Waals surface area (Å²) in [5, 5.41) is 2.93. The highest BCUT2D eigenvalue weighted by molar-refractivity contribution is 5.98. The number of piperidine rings is 1. The van der Waals surface area contributed by atoms with E-state index in [9.17, 15) is 9.59 Å². The van der Waals surface area contributed by atoms with Crippen LogP contribution in [0.3, 0.4) is 0 Å². The largest absolute Gasteiger partial charge is 0.440 e. The van der Waals surface area contributed by atoms with E-state index in [-0.39, 0.29) is 23.3 Å². The molecule has 1 saturated heterocycles. The Morgan fingerprint density at radius 3 is 2.27 bits per heavy atom. The van der Waals surface area contributed by atoms with E-state index in [1.54, 1.807) is 24.3 Å². The lowest BCUT2D eigenvalue weighted by Gasteiger charge is -2.30. The zero-order chi connectivity index (χ0) is 21.3. The van der Waals surface area contributed by atoms with Gasteiger partial charge in [-0.15, -0.1) is 0 Å². The summed E-state index contributed by atoms with van der Waals surface area (Å²) in [6, 6.07) is 14.6. The van der Waals surface area contributed by atoms with E-state index in [1.807, 2.05) is 49.9 Å². The predicted octanol–water partition coefficient (Wildman–Crippen LogP) is 4.38. The molecule has 2 amide bonds. The third kappa shape index (κ3) is 4.37. The second-order valence-electron chi connectivity index (χ2n) is 8.87. The number of hydrogen-bond donors (Lipinski definition) is 1. The molecule has 4 rings (SSSR count). The van der Waals surface area contributed by atoms with Crippen molar-refractivity contribution in [3.8, 4) is 0 Å². The second kappa shape index (κ2) is 7.94. The molecule has 1 aliphatic rings. The van der Waals surface area contributed by atoms with Gasteiger partial charge in [0.2, 0.25) is 0 Å². The van der Waals surface area contributed by atoms with Crippen molar-refractivity contribution in [2.75, 3.05) is 13.1 Å². The smallest absolute Gasteiger partial charge is 0.253 e. The molecule has 0 saturated carbocycles. The minimum absolute atomic E-state index is 0.00575. The van der Waals surface area contributed by atoms with E-state index in [0.29, 0.717) is 24.2 Å². The van der Waals surface area contributed by atoms with E-state index in [4.69, 9.17) is 4.42 Å². The average Bonchev–Trinajstić information content (AvgIpc) is 3.16. The fraction of sp³-hybridized carbons (Fsp3) is 0.375. The van der Waals surface area contributed by atoms with Crippen molar-refractivity contribution in [3.05, 3.63) is 65.5 Å². The van der Waals surface area contributed by atoms with Gasteiger partial charge in [-0.3, -0.25) is 9.59 Å². The van der Waals surface area contributed by atoms with E-state index in [1.165, 1.54) is 0 Å². The monoisotopic (exact) mass is 405 g/mol. The number of benzene rings is 2. The molecule has 2 aromatic carbocycles. The zero-order valence-corrected chi connectivity index (χ0v) is 17.6. The van der Waals surface area contributed by atoms with E-state index in [2.05, 4.69) is 10.3 Å². The number of nitrogens with one attached hydrogen (secondary N) is 1. The highest BCUT2D eigenvalue weighted by Crippen LogP contribution is 2.30. The Hall–Kier alpha value is -3.15. The molecule has 1 fully saturated rings. The van der Waals surface area contributed by atoms with Crippen molar-refractivity contribution in [1.82, 2.24) is 15.2 Å². The summed E-state index contributed by atoms with van der Waals surface area (Å²) in [5.41, 5.74) is 2.53. The molecule has 1 aliphatic heterocycles. The molecule has 0 aliphatic carbocycles. The van der Waals surface area contributed by atoms with Gasteiger partial charge in [-0.2, -0.15) is 0 Å². The molecule has 156 valence electrons. The van der Waals surface area contributed by atoms with Crippen molar-refractivity contribution in [2.45, 2.75) is 45.1 Å². The number of nitrogens with zero attached hydrogens (tertiary/aromatic N) is 2. The quantitative estimate of drug-likeness (QED) is 0.702. The Morgan fingerprint density at radius 1 is 1.00 bits per heavy atom. The number of oxazole rings is 1. The summed E-state index contributed by atoms with van der Waals surface area (Å²) >= 11 is 0. The van der Waals surface area contributed by atoms with Gasteiger partial charge in [-0.05, 0) is 70.0 Å². The van der Waals surface area contributed by atoms with Gasteiger partial charge >= 0.3 is 0 Å². The van der Waals surface area contributed by atoms with Crippen molar-refractivity contribution in [3.63, 3.8) is 0 Å². The first-order valence-electron chi connectivity index (χ1n) is 10.4. The van der Waals surface area contributed by atoms with Crippen molar-refractivity contribution in [1.29, 1.82) is 0 Å². The molecule has 0 spiro atoms. The molecule has 0 atom stereocenters. The molecule has 2 heterocycles. The normalized spacial score (nSPS) is 15.4. The van der Waals surface area contributed by atoms with Gasteiger partial charge in [0.15, 0.2) is 11.5 Å². The lowest BCUT2D eigenvalue weighted by molar-refractivity contribution is 0.0706. The van der Waals surface area contributed by atoms with E-state index in [0.717, 1.165) is 29.8 Å². The maximum Gasteiger partial charge on any atom is 0.253 e. The highest BCUT2D eigenvalue weighted by atomic mass is 16.3. The number of amides is 2. The van der Waals surface area contributed by atoms with Gasteiger partial charge in [-0.25, -0.2) is 4.98 Å². The van der Waals surface area contributed by atoms with Crippen LogP contribution in [-0.2, 0) is 0 Å². The number of fused-ring (bicyclic) bond motifs is 1. The van der Waals surface area contributed by atoms with Crippen LogP contribution in [0.25, 0.3) is 11.1 Å². The fourth-order valence-corrected chi connectivity index (χ4v) is 3.75. The Labute approximate surface area is 176 Å². The molecular weight excluding hydrogens is 378 g/mol. The van der Waals surface area contributed by atoms with Crippen LogP contribution in [0.2, 0.25) is 0 Å². The average molecular weight is 405 g/mol. The van der Waals surface area contributed by atoms with Crippen molar-refractivity contribution in [2.24, 2.45) is 0 Å². The number of hydrogen-bond acceptors (Lipinski definition) is 4. The first kappa shape index (κ1) is 20.1. The second-order valence-corrected chi connectivity index (χ2v) is 8.87.